The lowest BCUT2D eigenvalue weighted by atomic mass is 10.1. The van der Waals surface area contributed by atoms with Crippen molar-refractivity contribution in [2.75, 3.05) is 12.0 Å². The third-order valence-corrected chi connectivity index (χ3v) is 8.17. The van der Waals surface area contributed by atoms with Gasteiger partial charge in [-0.25, -0.2) is 4.39 Å². The van der Waals surface area contributed by atoms with E-state index < -0.39 is 0 Å². The highest BCUT2D eigenvalue weighted by Gasteiger charge is 2.33. The van der Waals surface area contributed by atoms with Crippen LogP contribution in [0.2, 0.25) is 5.02 Å². The summed E-state index contributed by atoms with van der Waals surface area (Å²) in [6.07, 6.45) is 1.76. The number of nitrogens with zero attached hydrogens (tertiary/aromatic N) is 1. The molecule has 1 aliphatic rings. The molecule has 3 aromatic rings. The molecule has 4 nitrogen and oxygen atoms in total. The van der Waals surface area contributed by atoms with Gasteiger partial charge < -0.3 is 9.47 Å². The number of thioether (sulfide) groups is 1. The molecule has 0 radical (unpaired) electrons. The van der Waals surface area contributed by atoms with E-state index in [0.29, 0.717) is 37.0 Å². The van der Waals surface area contributed by atoms with Gasteiger partial charge in [0.15, 0.2) is 15.8 Å². The third kappa shape index (κ3) is 5.43. The molecule has 0 atom stereocenters. The summed E-state index contributed by atoms with van der Waals surface area (Å²) in [4.78, 5) is 15.0. The van der Waals surface area contributed by atoms with Crippen LogP contribution in [0.4, 0.5) is 10.1 Å². The van der Waals surface area contributed by atoms with E-state index in [1.165, 1.54) is 29.8 Å². The number of methoxy groups -OCH3 is 1. The smallest absolute Gasteiger partial charge is 0.270 e. The van der Waals surface area contributed by atoms with E-state index in [9.17, 15) is 9.18 Å². The van der Waals surface area contributed by atoms with Crippen LogP contribution in [0.1, 0.15) is 11.1 Å². The van der Waals surface area contributed by atoms with Crippen molar-refractivity contribution in [2.24, 2.45) is 0 Å². The van der Waals surface area contributed by atoms with Crippen LogP contribution in [0, 0.1) is 9.39 Å². The van der Waals surface area contributed by atoms with E-state index in [-0.39, 0.29) is 18.3 Å². The van der Waals surface area contributed by atoms with Crippen LogP contribution in [0.3, 0.4) is 0 Å². The Labute approximate surface area is 232 Å². The molecule has 0 saturated carbocycles. The van der Waals surface area contributed by atoms with Crippen molar-refractivity contribution in [2.45, 2.75) is 6.61 Å². The van der Waals surface area contributed by atoms with E-state index in [1.54, 1.807) is 48.5 Å². The number of halogens is 4. The molecule has 1 aliphatic heterocycles. The second-order valence-electron chi connectivity index (χ2n) is 7.03. The number of ether oxygens (including phenoxy) is 2. The summed E-state index contributed by atoms with van der Waals surface area (Å²) in [5.41, 5.74) is 1.79. The molecule has 34 heavy (non-hydrogen) atoms. The standard InChI is InChI=1S/C24H15BrClFINO3S2/c1-31-20-9-13(8-19(28)22(20)32-12-14-4-2-3-5-18(14)27)10-21-23(30)29(24(33)34-21)15-6-7-16(25)17(26)11-15/h2-11H,12H2,1H3. The minimum absolute atomic E-state index is 0.0623. The molecular formula is C24H15BrClFINO3S2. The molecule has 1 fully saturated rings. The highest BCUT2D eigenvalue weighted by Crippen LogP contribution is 2.40. The number of rotatable bonds is 6. The molecule has 1 saturated heterocycles. The van der Waals surface area contributed by atoms with Gasteiger partial charge in [0, 0.05) is 10.0 Å². The average Bonchev–Trinajstić information content (AvgIpc) is 3.08. The Balaban J connectivity index is 1.59. The highest BCUT2D eigenvalue weighted by molar-refractivity contribution is 14.1. The maximum Gasteiger partial charge on any atom is 0.270 e. The zero-order chi connectivity index (χ0) is 24.4. The first-order chi connectivity index (χ1) is 16.3. The lowest BCUT2D eigenvalue weighted by Gasteiger charge is -2.15. The van der Waals surface area contributed by atoms with E-state index in [0.717, 1.165) is 13.6 Å². The molecule has 0 aliphatic carbocycles. The van der Waals surface area contributed by atoms with Crippen molar-refractivity contribution in [1.82, 2.24) is 0 Å². The molecule has 3 aromatic carbocycles. The minimum Gasteiger partial charge on any atom is -0.493 e. The van der Waals surface area contributed by atoms with Crippen molar-refractivity contribution < 1.29 is 18.7 Å². The maximum atomic E-state index is 14.0. The molecule has 0 spiro atoms. The Bertz CT molecular complexity index is 1340. The van der Waals surface area contributed by atoms with Crippen molar-refractivity contribution in [3.05, 3.63) is 89.5 Å². The molecule has 10 heteroatoms. The summed E-state index contributed by atoms with van der Waals surface area (Å²) >= 11 is 18.3. The molecule has 174 valence electrons. The fourth-order valence-corrected chi connectivity index (χ4v) is 5.70. The van der Waals surface area contributed by atoms with Gasteiger partial charge in [0.2, 0.25) is 0 Å². The van der Waals surface area contributed by atoms with Crippen molar-refractivity contribution in [1.29, 1.82) is 0 Å². The molecule has 0 aromatic heterocycles. The summed E-state index contributed by atoms with van der Waals surface area (Å²) < 4.78 is 27.2. The third-order valence-electron chi connectivity index (χ3n) is 4.83. The number of amides is 1. The second-order valence-corrected chi connectivity index (χ2v) is 11.1. The zero-order valence-electron chi connectivity index (χ0n) is 17.5. The van der Waals surface area contributed by atoms with Crippen LogP contribution in [-0.2, 0) is 11.4 Å². The zero-order valence-corrected chi connectivity index (χ0v) is 23.6. The number of carbonyl (C=O) groups excluding carboxylic acids is 1. The number of anilines is 1. The summed E-state index contributed by atoms with van der Waals surface area (Å²) in [5.74, 6) is 0.412. The van der Waals surface area contributed by atoms with Crippen LogP contribution in [0.15, 0.2) is 64.0 Å². The van der Waals surface area contributed by atoms with Crippen LogP contribution in [-0.4, -0.2) is 17.3 Å². The van der Waals surface area contributed by atoms with Crippen molar-refractivity contribution in [3.63, 3.8) is 0 Å². The predicted octanol–water partition coefficient (Wildman–Crippen LogP) is 7.84. The normalized spacial score (nSPS) is 14.7. The average molecular weight is 691 g/mol. The van der Waals surface area contributed by atoms with Gasteiger partial charge in [-0.1, -0.05) is 53.8 Å². The molecular weight excluding hydrogens is 676 g/mol. The summed E-state index contributed by atoms with van der Waals surface area (Å²) in [5, 5.41) is 0.487. The summed E-state index contributed by atoms with van der Waals surface area (Å²) in [7, 11) is 1.53. The monoisotopic (exact) mass is 689 g/mol. The lowest BCUT2D eigenvalue weighted by molar-refractivity contribution is -0.113. The maximum absolute atomic E-state index is 14.0. The summed E-state index contributed by atoms with van der Waals surface area (Å²) in [6.45, 7) is 0.0623. The highest BCUT2D eigenvalue weighted by atomic mass is 127. The fraction of sp³-hybridized carbons (Fsp3) is 0.0833. The van der Waals surface area contributed by atoms with Gasteiger partial charge in [-0.2, -0.15) is 0 Å². The number of benzene rings is 3. The molecule has 1 heterocycles. The Hall–Kier alpha value is -1.66. The first kappa shape index (κ1) is 25.4. The number of carbonyl (C=O) groups is 1. The Morgan fingerprint density at radius 2 is 2.00 bits per heavy atom. The van der Waals surface area contributed by atoms with Crippen LogP contribution in [0.25, 0.3) is 6.08 Å². The number of thiocarbonyl (C=S) groups is 1. The van der Waals surface area contributed by atoms with Crippen molar-refractivity contribution in [3.8, 4) is 11.5 Å². The van der Waals surface area contributed by atoms with Gasteiger partial charge in [-0.3, -0.25) is 9.69 Å². The second kappa shape index (κ2) is 10.9. The Morgan fingerprint density at radius 1 is 1.24 bits per heavy atom. The van der Waals surface area contributed by atoms with Crippen molar-refractivity contribution >= 4 is 96.1 Å². The SMILES string of the molecule is COc1cc(C=C2SC(=S)N(c3ccc(Br)c(Cl)c3)C2=O)cc(I)c1OCc1ccccc1F. The quantitative estimate of drug-likeness (QED) is 0.150. The molecule has 4 rings (SSSR count). The minimum atomic E-state index is -0.331. The van der Waals surface area contributed by atoms with E-state index in [4.69, 9.17) is 33.3 Å². The van der Waals surface area contributed by atoms with Crippen LogP contribution < -0.4 is 14.4 Å². The first-order valence-electron chi connectivity index (χ1n) is 9.75. The largest absolute Gasteiger partial charge is 0.493 e. The number of hydrogen-bond acceptors (Lipinski definition) is 5. The van der Waals surface area contributed by atoms with E-state index in [1.807, 2.05) is 6.07 Å². The van der Waals surface area contributed by atoms with Gasteiger partial charge in [0.05, 0.1) is 26.3 Å². The predicted molar refractivity (Wildman–Crippen MR) is 151 cm³/mol. The van der Waals surface area contributed by atoms with Gasteiger partial charge in [-0.15, -0.1) is 0 Å². The van der Waals surface area contributed by atoms with Gasteiger partial charge in [0.1, 0.15) is 12.4 Å². The molecule has 0 unspecified atom stereocenters. The first-order valence-corrected chi connectivity index (χ1v) is 13.2. The van der Waals surface area contributed by atoms with Gasteiger partial charge >= 0.3 is 0 Å². The van der Waals surface area contributed by atoms with Gasteiger partial charge in [-0.05, 0) is 86.6 Å². The Kier molecular flexibility index (Phi) is 8.19. The lowest BCUT2D eigenvalue weighted by Crippen LogP contribution is -2.27. The van der Waals surface area contributed by atoms with E-state index in [2.05, 4.69) is 38.5 Å². The molecule has 0 bridgehead atoms. The molecule has 0 N–H and O–H groups in total. The topological polar surface area (TPSA) is 38.8 Å². The molecule has 1 amide bonds. The fourth-order valence-electron chi connectivity index (χ4n) is 3.19. The van der Waals surface area contributed by atoms with Crippen LogP contribution in [0.5, 0.6) is 11.5 Å². The van der Waals surface area contributed by atoms with Gasteiger partial charge in [0.25, 0.3) is 5.91 Å². The summed E-state index contributed by atoms with van der Waals surface area (Å²) in [6, 6.07) is 15.3. The Morgan fingerprint density at radius 3 is 2.71 bits per heavy atom. The van der Waals surface area contributed by atoms with E-state index >= 15 is 0 Å². The number of hydrogen-bond donors (Lipinski definition) is 0. The van der Waals surface area contributed by atoms with Crippen LogP contribution >= 0.6 is 74.1 Å².